The number of benzene rings is 2. The molecule has 0 saturated heterocycles. The maximum Gasteiger partial charge on any atom is 0.416 e. The zero-order chi connectivity index (χ0) is 21.1. The monoisotopic (exact) mass is 413 g/mol. The average Bonchev–Trinajstić information content (AvgIpc) is 3.21. The Hall–Kier alpha value is -3.95. The van der Waals surface area contributed by atoms with Crippen LogP contribution in [0.5, 0.6) is 0 Å². The van der Waals surface area contributed by atoms with E-state index in [9.17, 15) is 18.0 Å². The van der Waals surface area contributed by atoms with E-state index in [1.54, 1.807) is 30.5 Å². The molecule has 2 heterocycles. The molecule has 4 aromatic rings. The number of pyridine rings is 1. The number of nitrogens with zero attached hydrogens (tertiary/aromatic N) is 3. The molecule has 0 spiro atoms. The number of amides is 2. The van der Waals surface area contributed by atoms with E-state index >= 15 is 0 Å². The van der Waals surface area contributed by atoms with E-state index in [1.165, 1.54) is 12.1 Å². The molecule has 4 rings (SSSR count). The van der Waals surface area contributed by atoms with Crippen LogP contribution < -0.4 is 10.6 Å². The molecule has 2 amide bonds. The molecule has 2 aromatic carbocycles. The Morgan fingerprint density at radius 3 is 2.63 bits per heavy atom. The van der Waals surface area contributed by atoms with Gasteiger partial charge in [-0.3, -0.25) is 4.98 Å². The first-order valence-electron chi connectivity index (χ1n) is 8.78. The van der Waals surface area contributed by atoms with Crippen LogP contribution in [0.2, 0.25) is 0 Å². The number of hydrogen-bond donors (Lipinski definition) is 2. The summed E-state index contributed by atoms with van der Waals surface area (Å²) >= 11 is 0. The highest BCUT2D eigenvalue weighted by molar-refractivity contribution is 5.92. The molecular weight excluding hydrogens is 399 g/mol. The molecule has 7 nitrogen and oxygen atoms in total. The minimum absolute atomic E-state index is 0.0227. The van der Waals surface area contributed by atoms with E-state index in [-0.39, 0.29) is 18.3 Å². The fraction of sp³-hybridized carbons (Fsp3) is 0.100. The third kappa shape index (κ3) is 4.37. The summed E-state index contributed by atoms with van der Waals surface area (Å²) in [7, 11) is 0. The van der Waals surface area contributed by atoms with Crippen molar-refractivity contribution in [3.05, 3.63) is 72.2 Å². The van der Waals surface area contributed by atoms with Gasteiger partial charge < -0.3 is 15.2 Å². The number of rotatable bonds is 4. The van der Waals surface area contributed by atoms with Gasteiger partial charge in [-0.15, -0.1) is 0 Å². The first-order valence-corrected chi connectivity index (χ1v) is 8.78. The van der Waals surface area contributed by atoms with Crippen LogP contribution >= 0.6 is 0 Å². The average molecular weight is 413 g/mol. The molecule has 0 aliphatic heterocycles. The standard InChI is InChI=1S/C20H14F3N5O2/c21-20(22,23)14-5-3-12(4-6-14)18-27-17(28-30-18)11-25-19(29)26-15-7-8-16-13(10-15)2-1-9-24-16/h1-10H,11H2,(H2,25,26,29). The predicted molar refractivity (Wildman–Crippen MR) is 102 cm³/mol. The molecule has 0 radical (unpaired) electrons. The largest absolute Gasteiger partial charge is 0.416 e. The second-order valence-corrected chi connectivity index (χ2v) is 6.31. The Morgan fingerprint density at radius 2 is 1.87 bits per heavy atom. The number of urea groups is 1. The Morgan fingerprint density at radius 1 is 1.07 bits per heavy atom. The van der Waals surface area contributed by atoms with Crippen molar-refractivity contribution < 1.29 is 22.5 Å². The highest BCUT2D eigenvalue weighted by Crippen LogP contribution is 2.30. The van der Waals surface area contributed by atoms with E-state index < -0.39 is 17.8 Å². The number of aromatic nitrogens is 3. The zero-order valence-corrected chi connectivity index (χ0v) is 15.3. The SMILES string of the molecule is O=C(NCc1noc(-c2ccc(C(F)(F)F)cc2)n1)Nc1ccc2ncccc2c1. The summed E-state index contributed by atoms with van der Waals surface area (Å²) in [6.45, 7) is -0.0227. The van der Waals surface area contributed by atoms with E-state index in [1.807, 2.05) is 6.07 Å². The predicted octanol–water partition coefficient (Wildman–Crippen LogP) is 4.63. The van der Waals surface area contributed by atoms with E-state index in [2.05, 4.69) is 25.8 Å². The van der Waals surface area contributed by atoms with Crippen LogP contribution in [-0.4, -0.2) is 21.2 Å². The number of anilines is 1. The van der Waals surface area contributed by atoms with Crippen LogP contribution in [-0.2, 0) is 12.7 Å². The van der Waals surface area contributed by atoms with Crippen molar-refractivity contribution in [3.63, 3.8) is 0 Å². The normalized spacial score (nSPS) is 11.4. The van der Waals surface area contributed by atoms with Gasteiger partial charge in [-0.1, -0.05) is 11.2 Å². The fourth-order valence-electron chi connectivity index (χ4n) is 2.73. The fourth-order valence-corrected chi connectivity index (χ4v) is 2.73. The lowest BCUT2D eigenvalue weighted by Gasteiger charge is -2.07. The minimum Gasteiger partial charge on any atom is -0.334 e. The molecule has 152 valence electrons. The summed E-state index contributed by atoms with van der Waals surface area (Å²) in [6.07, 6.45) is -2.73. The van der Waals surface area contributed by atoms with Crippen molar-refractivity contribution >= 4 is 22.6 Å². The first-order chi connectivity index (χ1) is 14.4. The van der Waals surface area contributed by atoms with Crippen molar-refractivity contribution in [2.24, 2.45) is 0 Å². The van der Waals surface area contributed by atoms with Gasteiger partial charge in [-0.05, 0) is 48.5 Å². The number of alkyl halides is 3. The summed E-state index contributed by atoms with van der Waals surface area (Å²) in [4.78, 5) is 20.4. The van der Waals surface area contributed by atoms with Gasteiger partial charge in [0.25, 0.3) is 5.89 Å². The topological polar surface area (TPSA) is 92.9 Å². The summed E-state index contributed by atoms with van der Waals surface area (Å²) in [6, 6.07) is 12.9. The number of carbonyl (C=O) groups excluding carboxylic acids is 1. The number of carbonyl (C=O) groups is 1. The van der Waals surface area contributed by atoms with E-state index in [0.717, 1.165) is 23.0 Å². The van der Waals surface area contributed by atoms with Crippen LogP contribution in [0, 0.1) is 0 Å². The number of fused-ring (bicyclic) bond motifs is 1. The molecule has 30 heavy (non-hydrogen) atoms. The van der Waals surface area contributed by atoms with Gasteiger partial charge in [0.1, 0.15) is 0 Å². The Labute approximate surface area is 167 Å². The van der Waals surface area contributed by atoms with Crippen LogP contribution in [0.4, 0.5) is 23.7 Å². The Bertz CT molecular complexity index is 1190. The van der Waals surface area contributed by atoms with Crippen molar-refractivity contribution in [1.29, 1.82) is 0 Å². The third-order valence-electron chi connectivity index (χ3n) is 4.20. The van der Waals surface area contributed by atoms with E-state index in [4.69, 9.17) is 4.52 Å². The minimum atomic E-state index is -4.42. The van der Waals surface area contributed by atoms with Gasteiger partial charge in [0.05, 0.1) is 17.6 Å². The first kappa shape index (κ1) is 19.4. The maximum absolute atomic E-state index is 12.6. The van der Waals surface area contributed by atoms with Crippen molar-refractivity contribution in [2.45, 2.75) is 12.7 Å². The van der Waals surface area contributed by atoms with Gasteiger partial charge in [0.15, 0.2) is 5.82 Å². The van der Waals surface area contributed by atoms with Gasteiger partial charge in [-0.25, -0.2) is 4.79 Å². The molecule has 0 aliphatic rings. The lowest BCUT2D eigenvalue weighted by atomic mass is 10.1. The summed E-state index contributed by atoms with van der Waals surface area (Å²) in [5.74, 6) is 0.241. The molecule has 0 saturated carbocycles. The van der Waals surface area contributed by atoms with Gasteiger partial charge >= 0.3 is 12.2 Å². The molecule has 0 fully saturated rings. The van der Waals surface area contributed by atoms with Crippen LogP contribution in [0.1, 0.15) is 11.4 Å². The second kappa shape index (κ2) is 7.82. The molecule has 0 bridgehead atoms. The molecule has 2 aromatic heterocycles. The second-order valence-electron chi connectivity index (χ2n) is 6.31. The Balaban J connectivity index is 1.36. The molecule has 0 unspecified atom stereocenters. The quantitative estimate of drug-likeness (QED) is 0.509. The zero-order valence-electron chi connectivity index (χ0n) is 15.3. The number of hydrogen-bond acceptors (Lipinski definition) is 5. The van der Waals surface area contributed by atoms with Crippen LogP contribution in [0.25, 0.3) is 22.4 Å². The number of halogens is 3. The number of nitrogens with one attached hydrogen (secondary N) is 2. The molecule has 0 aliphatic carbocycles. The highest BCUT2D eigenvalue weighted by atomic mass is 19.4. The van der Waals surface area contributed by atoms with Crippen LogP contribution in [0.15, 0.2) is 65.3 Å². The van der Waals surface area contributed by atoms with Gasteiger partial charge in [-0.2, -0.15) is 18.2 Å². The lowest BCUT2D eigenvalue weighted by molar-refractivity contribution is -0.137. The van der Waals surface area contributed by atoms with Gasteiger partial charge in [0.2, 0.25) is 0 Å². The van der Waals surface area contributed by atoms with Crippen LogP contribution in [0.3, 0.4) is 0 Å². The lowest BCUT2D eigenvalue weighted by Crippen LogP contribution is -2.28. The van der Waals surface area contributed by atoms with Gasteiger partial charge in [0, 0.05) is 22.8 Å². The van der Waals surface area contributed by atoms with E-state index in [0.29, 0.717) is 11.3 Å². The van der Waals surface area contributed by atoms with Crippen molar-refractivity contribution in [2.75, 3.05) is 5.32 Å². The Kier molecular flexibility index (Phi) is 5.05. The smallest absolute Gasteiger partial charge is 0.334 e. The van der Waals surface area contributed by atoms with Crippen molar-refractivity contribution in [3.8, 4) is 11.5 Å². The molecule has 10 heteroatoms. The molecular formula is C20H14F3N5O2. The van der Waals surface area contributed by atoms with Crippen molar-refractivity contribution in [1.82, 2.24) is 20.4 Å². The molecule has 2 N–H and O–H groups in total. The summed E-state index contributed by atoms with van der Waals surface area (Å²) in [5.41, 5.74) is 0.974. The molecule has 0 atom stereocenters. The maximum atomic E-state index is 12.6. The highest BCUT2D eigenvalue weighted by Gasteiger charge is 2.30. The summed E-state index contributed by atoms with van der Waals surface area (Å²) < 4.78 is 43.0. The summed E-state index contributed by atoms with van der Waals surface area (Å²) in [5, 5.41) is 9.89. The third-order valence-corrected chi connectivity index (χ3v) is 4.20.